The molecule has 1 nitrogen and oxygen atoms in total. The summed E-state index contributed by atoms with van der Waals surface area (Å²) < 4.78 is 0. The van der Waals surface area contributed by atoms with Gasteiger partial charge in [-0.05, 0) is 67.2 Å². The molecular weight excluding hydrogens is 254 g/mol. The van der Waals surface area contributed by atoms with Crippen molar-refractivity contribution in [2.24, 2.45) is 0 Å². The van der Waals surface area contributed by atoms with Crippen molar-refractivity contribution in [2.75, 3.05) is 20.6 Å². The standard InChI is InChI=1S/C20H23N/c1-15-18-9-5-4-8-16(18)14-17(12-13-21(2)3)20-11-7-6-10-19(15)20/h4-11,17H,1,12-14H2,2-3H3/t17-/m0/s1. The van der Waals surface area contributed by atoms with Crippen LogP contribution >= 0.6 is 0 Å². The zero-order chi connectivity index (χ0) is 14.8. The third kappa shape index (κ3) is 2.79. The third-order valence-electron chi connectivity index (χ3n) is 4.46. The van der Waals surface area contributed by atoms with Crippen LogP contribution in [0.15, 0.2) is 55.1 Å². The molecule has 0 amide bonds. The Morgan fingerprint density at radius 3 is 2.43 bits per heavy atom. The van der Waals surface area contributed by atoms with Gasteiger partial charge in [0.25, 0.3) is 0 Å². The molecule has 0 N–H and O–H groups in total. The fourth-order valence-corrected chi connectivity index (χ4v) is 3.31. The largest absolute Gasteiger partial charge is 0.309 e. The fourth-order valence-electron chi connectivity index (χ4n) is 3.31. The SMILES string of the molecule is C=C1c2ccccc2C[C@H](CCN(C)C)c2ccccc21. The van der Waals surface area contributed by atoms with E-state index >= 15 is 0 Å². The van der Waals surface area contributed by atoms with Crippen LogP contribution in [0.5, 0.6) is 0 Å². The minimum Gasteiger partial charge on any atom is -0.309 e. The van der Waals surface area contributed by atoms with Gasteiger partial charge in [0.05, 0.1) is 0 Å². The highest BCUT2D eigenvalue weighted by Crippen LogP contribution is 2.38. The van der Waals surface area contributed by atoms with Gasteiger partial charge >= 0.3 is 0 Å². The zero-order valence-electron chi connectivity index (χ0n) is 13.0. The monoisotopic (exact) mass is 277 g/mol. The predicted octanol–water partition coefficient (Wildman–Crippen LogP) is 4.34. The van der Waals surface area contributed by atoms with E-state index in [1.54, 1.807) is 0 Å². The van der Waals surface area contributed by atoms with Crippen LogP contribution in [0.3, 0.4) is 0 Å². The smallest absolute Gasteiger partial charge is 0.00189 e. The van der Waals surface area contributed by atoms with Crippen molar-refractivity contribution >= 4 is 5.57 Å². The normalized spacial score (nSPS) is 17.3. The molecule has 2 aromatic carbocycles. The molecule has 0 unspecified atom stereocenters. The average molecular weight is 277 g/mol. The number of hydrogen-bond acceptors (Lipinski definition) is 1. The minimum atomic E-state index is 0.573. The summed E-state index contributed by atoms with van der Waals surface area (Å²) in [4.78, 5) is 2.27. The fraction of sp³-hybridized carbons (Fsp3) is 0.300. The zero-order valence-corrected chi connectivity index (χ0v) is 13.0. The minimum absolute atomic E-state index is 0.573. The number of hydrogen-bond donors (Lipinski definition) is 0. The van der Waals surface area contributed by atoms with Crippen LogP contribution in [0.2, 0.25) is 0 Å². The first kappa shape index (κ1) is 14.1. The highest BCUT2D eigenvalue weighted by atomic mass is 15.0. The van der Waals surface area contributed by atoms with Crippen molar-refractivity contribution < 1.29 is 0 Å². The predicted molar refractivity (Wildman–Crippen MR) is 90.6 cm³/mol. The molecule has 0 radical (unpaired) electrons. The summed E-state index contributed by atoms with van der Waals surface area (Å²) in [5.74, 6) is 0.573. The van der Waals surface area contributed by atoms with Crippen LogP contribution < -0.4 is 0 Å². The molecular formula is C20H23N. The summed E-state index contributed by atoms with van der Waals surface area (Å²) >= 11 is 0. The van der Waals surface area contributed by atoms with Crippen LogP contribution in [0, 0.1) is 0 Å². The lowest BCUT2D eigenvalue weighted by Gasteiger charge is -2.20. The molecule has 1 heteroatoms. The maximum absolute atomic E-state index is 4.38. The maximum Gasteiger partial charge on any atom is -0.00189 e. The Labute approximate surface area is 127 Å². The van der Waals surface area contributed by atoms with E-state index in [1.165, 1.54) is 34.2 Å². The Bertz CT molecular complexity index is 654. The summed E-state index contributed by atoms with van der Waals surface area (Å²) in [6.45, 7) is 5.49. The van der Waals surface area contributed by atoms with E-state index in [1.807, 2.05) is 0 Å². The molecule has 0 spiro atoms. The molecule has 1 aliphatic carbocycles. The van der Waals surface area contributed by atoms with Crippen LogP contribution in [0.1, 0.15) is 34.6 Å². The van der Waals surface area contributed by atoms with Crippen molar-refractivity contribution in [3.63, 3.8) is 0 Å². The maximum atomic E-state index is 4.38. The molecule has 0 saturated carbocycles. The molecule has 21 heavy (non-hydrogen) atoms. The second-order valence-corrected chi connectivity index (χ2v) is 6.22. The van der Waals surface area contributed by atoms with Crippen molar-refractivity contribution in [3.05, 3.63) is 77.4 Å². The summed E-state index contributed by atoms with van der Waals surface area (Å²) in [6.07, 6.45) is 2.30. The second-order valence-electron chi connectivity index (χ2n) is 6.22. The van der Waals surface area contributed by atoms with Gasteiger partial charge in [0, 0.05) is 0 Å². The highest BCUT2D eigenvalue weighted by Gasteiger charge is 2.23. The van der Waals surface area contributed by atoms with Crippen molar-refractivity contribution in [1.29, 1.82) is 0 Å². The molecule has 108 valence electrons. The Balaban J connectivity index is 2.06. The molecule has 1 atom stereocenters. The average Bonchev–Trinajstić information content (AvgIpc) is 2.62. The first-order valence-electron chi connectivity index (χ1n) is 7.68. The van der Waals surface area contributed by atoms with E-state index in [0.29, 0.717) is 5.92 Å². The topological polar surface area (TPSA) is 3.24 Å². The van der Waals surface area contributed by atoms with E-state index in [4.69, 9.17) is 0 Å². The Morgan fingerprint density at radius 2 is 1.67 bits per heavy atom. The van der Waals surface area contributed by atoms with Gasteiger partial charge in [-0.15, -0.1) is 0 Å². The van der Waals surface area contributed by atoms with Gasteiger partial charge in [-0.1, -0.05) is 55.1 Å². The molecule has 0 saturated heterocycles. The summed E-state index contributed by atoms with van der Waals surface area (Å²) in [5, 5.41) is 0. The second kappa shape index (κ2) is 5.87. The van der Waals surface area contributed by atoms with Gasteiger partial charge in [0.1, 0.15) is 0 Å². The third-order valence-corrected chi connectivity index (χ3v) is 4.46. The molecule has 3 rings (SSSR count). The molecule has 0 aliphatic heterocycles. The first-order chi connectivity index (χ1) is 10.2. The Hall–Kier alpha value is -1.86. The summed E-state index contributed by atoms with van der Waals surface area (Å²) in [5.41, 5.74) is 6.71. The number of rotatable bonds is 3. The number of fused-ring (bicyclic) bond motifs is 2. The van der Waals surface area contributed by atoms with Gasteiger partial charge < -0.3 is 4.90 Å². The summed E-state index contributed by atoms with van der Waals surface area (Å²) in [7, 11) is 4.30. The number of benzene rings is 2. The van der Waals surface area contributed by atoms with Crippen LogP contribution in [0.4, 0.5) is 0 Å². The molecule has 0 aromatic heterocycles. The van der Waals surface area contributed by atoms with Crippen molar-refractivity contribution in [3.8, 4) is 0 Å². The highest BCUT2D eigenvalue weighted by molar-refractivity contribution is 5.82. The molecule has 2 aromatic rings. The van der Waals surface area contributed by atoms with Crippen LogP contribution in [0.25, 0.3) is 5.57 Å². The quantitative estimate of drug-likeness (QED) is 0.806. The Kier molecular flexibility index (Phi) is 3.94. The van der Waals surface area contributed by atoms with E-state index in [2.05, 4.69) is 74.1 Å². The Morgan fingerprint density at radius 1 is 1.00 bits per heavy atom. The van der Waals surface area contributed by atoms with Gasteiger partial charge in [0.15, 0.2) is 0 Å². The van der Waals surface area contributed by atoms with E-state index in [0.717, 1.165) is 13.0 Å². The molecule has 0 fully saturated rings. The van der Waals surface area contributed by atoms with Crippen LogP contribution in [-0.4, -0.2) is 25.5 Å². The lowest BCUT2D eigenvalue weighted by molar-refractivity contribution is 0.380. The van der Waals surface area contributed by atoms with E-state index in [-0.39, 0.29) is 0 Å². The molecule has 0 heterocycles. The van der Waals surface area contributed by atoms with E-state index in [9.17, 15) is 0 Å². The van der Waals surface area contributed by atoms with Gasteiger partial charge in [-0.2, -0.15) is 0 Å². The van der Waals surface area contributed by atoms with E-state index < -0.39 is 0 Å². The molecule has 0 bridgehead atoms. The van der Waals surface area contributed by atoms with Crippen molar-refractivity contribution in [1.82, 2.24) is 4.90 Å². The van der Waals surface area contributed by atoms with Crippen molar-refractivity contribution in [2.45, 2.75) is 18.8 Å². The lowest BCUT2D eigenvalue weighted by atomic mass is 9.88. The lowest BCUT2D eigenvalue weighted by Crippen LogP contribution is -2.17. The van der Waals surface area contributed by atoms with Gasteiger partial charge in [0.2, 0.25) is 0 Å². The summed E-state index contributed by atoms with van der Waals surface area (Å²) in [6, 6.07) is 17.5. The van der Waals surface area contributed by atoms with Gasteiger partial charge in [-0.25, -0.2) is 0 Å². The number of nitrogens with zero attached hydrogens (tertiary/aromatic N) is 1. The first-order valence-corrected chi connectivity index (χ1v) is 7.68. The van der Waals surface area contributed by atoms with Crippen LogP contribution in [-0.2, 0) is 6.42 Å². The molecule has 1 aliphatic rings. The van der Waals surface area contributed by atoms with Gasteiger partial charge in [-0.3, -0.25) is 0 Å².